The molecule has 0 fully saturated rings. The van der Waals surface area contributed by atoms with Crippen LogP contribution in [-0.4, -0.2) is 57.3 Å². The maximum atomic E-state index is 12.6. The summed E-state index contributed by atoms with van der Waals surface area (Å²) in [5.41, 5.74) is 0. The zero-order valence-corrected chi connectivity index (χ0v) is 44.7. The van der Waals surface area contributed by atoms with Gasteiger partial charge in [0.15, 0.2) is 0 Å². The van der Waals surface area contributed by atoms with Crippen molar-refractivity contribution < 1.29 is 25.2 Å². The van der Waals surface area contributed by atoms with Crippen molar-refractivity contribution in [3.8, 4) is 0 Å². The van der Waals surface area contributed by atoms with Crippen LogP contribution in [0.15, 0.2) is 12.2 Å². The summed E-state index contributed by atoms with van der Waals surface area (Å²) in [7, 11) is 0. The average Bonchev–Trinajstić information content (AvgIpc) is 3.32. The molecule has 0 aliphatic carbocycles. The number of carbonyl (C=O) groups is 1. The highest BCUT2D eigenvalue weighted by atomic mass is 16.3. The molecule has 1 amide bonds. The summed E-state index contributed by atoms with van der Waals surface area (Å²) in [6.45, 7) is 4.09. The second-order valence-electron chi connectivity index (χ2n) is 21.1. The molecule has 0 saturated carbocycles. The van der Waals surface area contributed by atoms with Crippen LogP contribution in [0.3, 0.4) is 0 Å². The number of hydrogen-bond donors (Lipinski definition) is 5. The molecule has 6 nitrogen and oxygen atoms in total. The summed E-state index contributed by atoms with van der Waals surface area (Å²) < 4.78 is 0. The van der Waals surface area contributed by atoms with E-state index in [-0.39, 0.29) is 0 Å². The topological polar surface area (TPSA) is 110 Å². The maximum Gasteiger partial charge on any atom is 0.249 e. The molecule has 0 aliphatic heterocycles. The van der Waals surface area contributed by atoms with E-state index < -0.39 is 36.9 Å². The normalized spacial score (nSPS) is 13.7. The number of hydrogen-bond acceptors (Lipinski definition) is 5. The number of allylic oxidation sites excluding steroid dienone is 2. The van der Waals surface area contributed by atoms with Crippen molar-refractivity contribution >= 4 is 5.91 Å². The van der Waals surface area contributed by atoms with Crippen LogP contribution in [0.4, 0.5) is 0 Å². The molecule has 0 heterocycles. The van der Waals surface area contributed by atoms with E-state index in [4.69, 9.17) is 0 Å². The van der Waals surface area contributed by atoms with E-state index in [2.05, 4.69) is 31.3 Å². The molecule has 4 unspecified atom stereocenters. The highest BCUT2D eigenvalue weighted by Gasteiger charge is 2.28. The first-order chi connectivity index (χ1) is 32.5. The smallest absolute Gasteiger partial charge is 0.249 e. The van der Waals surface area contributed by atoms with Gasteiger partial charge in [-0.05, 0) is 38.5 Å². The minimum Gasteiger partial charge on any atom is -0.394 e. The zero-order valence-electron chi connectivity index (χ0n) is 44.7. The lowest BCUT2D eigenvalue weighted by molar-refractivity contribution is -0.132. The summed E-state index contributed by atoms with van der Waals surface area (Å²) in [6.07, 6.45) is 65.9. The average molecular weight is 935 g/mol. The van der Waals surface area contributed by atoms with Gasteiger partial charge in [-0.15, -0.1) is 0 Å². The molecule has 394 valence electrons. The summed E-state index contributed by atoms with van der Waals surface area (Å²) in [6, 6.07) is -0.999. The summed E-state index contributed by atoms with van der Waals surface area (Å²) >= 11 is 0. The summed E-state index contributed by atoms with van der Waals surface area (Å²) in [5, 5.41) is 44.0. The zero-order chi connectivity index (χ0) is 48.1. The van der Waals surface area contributed by atoms with E-state index in [1.165, 1.54) is 270 Å². The number of rotatable bonds is 56. The fourth-order valence-corrected chi connectivity index (χ4v) is 9.76. The van der Waals surface area contributed by atoms with Crippen molar-refractivity contribution in [1.29, 1.82) is 0 Å². The third-order valence-electron chi connectivity index (χ3n) is 14.5. The first-order valence-electron chi connectivity index (χ1n) is 30.1. The Labute approximate surface area is 412 Å². The Kier molecular flexibility index (Phi) is 54.2. The monoisotopic (exact) mass is 934 g/mol. The molecule has 6 heteroatoms. The van der Waals surface area contributed by atoms with E-state index in [0.29, 0.717) is 12.8 Å². The van der Waals surface area contributed by atoms with Crippen molar-refractivity contribution in [2.24, 2.45) is 0 Å². The van der Waals surface area contributed by atoms with Crippen molar-refractivity contribution in [3.63, 3.8) is 0 Å². The van der Waals surface area contributed by atoms with Gasteiger partial charge in [-0.1, -0.05) is 309 Å². The Morgan fingerprint density at radius 3 is 0.909 bits per heavy atom. The molecule has 0 aromatic heterocycles. The highest BCUT2D eigenvalue weighted by Crippen LogP contribution is 2.19. The van der Waals surface area contributed by atoms with Gasteiger partial charge in [-0.3, -0.25) is 4.79 Å². The van der Waals surface area contributed by atoms with Crippen LogP contribution in [0.1, 0.15) is 335 Å². The van der Waals surface area contributed by atoms with E-state index >= 15 is 0 Å². The Morgan fingerprint density at radius 2 is 0.621 bits per heavy atom. The highest BCUT2D eigenvalue weighted by molar-refractivity contribution is 5.80. The fourth-order valence-electron chi connectivity index (χ4n) is 9.76. The molecule has 0 bridgehead atoms. The minimum atomic E-state index is -1.28. The Balaban J connectivity index is 3.59. The second-order valence-corrected chi connectivity index (χ2v) is 21.1. The van der Waals surface area contributed by atoms with E-state index in [1.54, 1.807) is 0 Å². The fraction of sp³-hybridized carbons (Fsp3) is 0.950. The van der Waals surface area contributed by atoms with Crippen LogP contribution in [0.5, 0.6) is 0 Å². The minimum absolute atomic E-state index is 0.369. The molecule has 5 N–H and O–H groups in total. The van der Waals surface area contributed by atoms with Gasteiger partial charge in [0, 0.05) is 0 Å². The Hall–Kier alpha value is -0.950. The number of amides is 1. The van der Waals surface area contributed by atoms with E-state index in [9.17, 15) is 25.2 Å². The second kappa shape index (κ2) is 55.0. The van der Waals surface area contributed by atoms with Gasteiger partial charge in [0.1, 0.15) is 12.2 Å². The quantitative estimate of drug-likeness (QED) is 0.0308. The molecule has 4 atom stereocenters. The number of carbonyl (C=O) groups excluding carboxylic acids is 1. The van der Waals surface area contributed by atoms with Gasteiger partial charge in [-0.2, -0.15) is 0 Å². The van der Waals surface area contributed by atoms with Crippen LogP contribution < -0.4 is 5.32 Å². The lowest BCUT2D eigenvalue weighted by atomic mass is 10.00. The largest absolute Gasteiger partial charge is 0.394 e. The molecular weight excluding hydrogens is 815 g/mol. The number of aliphatic hydroxyl groups is 4. The van der Waals surface area contributed by atoms with Crippen LogP contribution in [-0.2, 0) is 4.79 Å². The van der Waals surface area contributed by atoms with Gasteiger partial charge in [0.2, 0.25) is 5.91 Å². The molecular formula is C60H119NO5. The lowest BCUT2D eigenvalue weighted by Crippen LogP contribution is -2.53. The maximum absolute atomic E-state index is 12.6. The standard InChI is InChI=1S/C60H119NO5/c1-3-5-7-9-11-13-15-17-19-21-23-25-27-28-29-30-31-32-34-36-38-40-42-44-46-48-50-52-54-58(64)60(66)61-56(55-62)59(65)57(63)53-51-49-47-45-43-41-39-37-35-33-26-24-22-20-18-16-14-12-10-8-6-4-2/h45,47,56-59,62-65H,3-44,46,48-55H2,1-2H3,(H,61,66)/b47-45+. The van der Waals surface area contributed by atoms with Gasteiger partial charge in [0.25, 0.3) is 0 Å². The van der Waals surface area contributed by atoms with Crippen LogP contribution in [0.25, 0.3) is 0 Å². The molecule has 0 aromatic rings. The predicted molar refractivity (Wildman–Crippen MR) is 288 cm³/mol. The number of unbranched alkanes of at least 4 members (excludes halogenated alkanes) is 45. The van der Waals surface area contributed by atoms with Crippen molar-refractivity contribution in [3.05, 3.63) is 12.2 Å². The first kappa shape index (κ1) is 65.0. The van der Waals surface area contributed by atoms with Gasteiger partial charge in [-0.25, -0.2) is 0 Å². The number of nitrogens with one attached hydrogen (secondary N) is 1. The lowest BCUT2D eigenvalue weighted by Gasteiger charge is -2.27. The third kappa shape index (κ3) is 48.1. The summed E-state index contributed by atoms with van der Waals surface area (Å²) in [5.74, 6) is -0.586. The van der Waals surface area contributed by atoms with Crippen molar-refractivity contribution in [2.75, 3.05) is 6.61 Å². The molecule has 0 rings (SSSR count). The molecule has 0 aromatic carbocycles. The third-order valence-corrected chi connectivity index (χ3v) is 14.5. The predicted octanol–water partition coefficient (Wildman–Crippen LogP) is 17.6. The van der Waals surface area contributed by atoms with Crippen molar-refractivity contribution in [1.82, 2.24) is 5.32 Å². The van der Waals surface area contributed by atoms with Crippen molar-refractivity contribution in [2.45, 2.75) is 359 Å². The van der Waals surface area contributed by atoms with Gasteiger partial charge in [0.05, 0.1) is 18.8 Å². The summed E-state index contributed by atoms with van der Waals surface area (Å²) in [4.78, 5) is 12.6. The van der Waals surface area contributed by atoms with Crippen LogP contribution in [0.2, 0.25) is 0 Å². The Morgan fingerprint density at radius 1 is 0.364 bits per heavy atom. The first-order valence-corrected chi connectivity index (χ1v) is 30.1. The molecule has 0 aliphatic rings. The van der Waals surface area contributed by atoms with Gasteiger partial charge < -0.3 is 25.7 Å². The van der Waals surface area contributed by atoms with E-state index in [0.717, 1.165) is 38.5 Å². The van der Waals surface area contributed by atoms with E-state index in [1.807, 2.05) is 0 Å². The number of aliphatic hydroxyl groups excluding tert-OH is 4. The Bertz CT molecular complexity index is 959. The van der Waals surface area contributed by atoms with Gasteiger partial charge >= 0.3 is 0 Å². The molecule has 66 heavy (non-hydrogen) atoms. The molecule has 0 radical (unpaired) electrons. The molecule has 0 saturated heterocycles. The SMILES string of the molecule is CCCCCCCCCCCCCCCCCCC/C=C/CCCC(O)C(O)C(CO)NC(=O)C(O)CCCCCCCCCCCCCCCCCCCCCCCCCCCCCC. The molecule has 0 spiro atoms. The van der Waals surface area contributed by atoms with Crippen LogP contribution >= 0.6 is 0 Å². The van der Waals surface area contributed by atoms with Crippen LogP contribution in [0, 0.1) is 0 Å².